The van der Waals surface area contributed by atoms with Gasteiger partial charge in [-0.3, -0.25) is 0 Å². The molecule has 6 rings (SSSR count). The summed E-state index contributed by atoms with van der Waals surface area (Å²) in [6.45, 7) is 6.90. The number of aryl methyl sites for hydroxylation is 2. The fourth-order valence-corrected chi connectivity index (χ4v) is 6.31. The number of halogens is 1. The van der Waals surface area contributed by atoms with E-state index in [1.54, 1.807) is 0 Å². The largest absolute Gasteiger partial charge is 0.0840 e. The summed E-state index contributed by atoms with van der Waals surface area (Å²) in [5, 5.41) is 0.850. The highest BCUT2D eigenvalue weighted by atomic mass is 35.5. The van der Waals surface area contributed by atoms with E-state index in [2.05, 4.69) is 106 Å². The molecular formula is C31H27Cl. The van der Waals surface area contributed by atoms with Crippen LogP contribution in [0.5, 0.6) is 0 Å². The van der Waals surface area contributed by atoms with Gasteiger partial charge in [-0.15, -0.1) is 0 Å². The van der Waals surface area contributed by atoms with E-state index in [0.29, 0.717) is 0 Å². The third kappa shape index (κ3) is 2.57. The Bertz CT molecular complexity index is 1370. The molecule has 0 saturated carbocycles. The Morgan fingerprint density at radius 3 is 2.09 bits per heavy atom. The van der Waals surface area contributed by atoms with Gasteiger partial charge in [-0.2, -0.15) is 0 Å². The molecule has 1 atom stereocenters. The van der Waals surface area contributed by atoms with Gasteiger partial charge in [-0.1, -0.05) is 111 Å². The lowest BCUT2D eigenvalue weighted by Crippen LogP contribution is -2.31. The molecule has 0 bridgehead atoms. The molecule has 2 aliphatic rings. The first kappa shape index (κ1) is 19.8. The van der Waals surface area contributed by atoms with E-state index in [4.69, 9.17) is 11.6 Å². The fraction of sp³-hybridized carbons (Fsp3) is 0.226. The van der Waals surface area contributed by atoms with Gasteiger partial charge in [0.25, 0.3) is 0 Å². The van der Waals surface area contributed by atoms with E-state index in [1.807, 2.05) is 0 Å². The monoisotopic (exact) mass is 434 g/mol. The van der Waals surface area contributed by atoms with Gasteiger partial charge in [0.15, 0.2) is 0 Å². The van der Waals surface area contributed by atoms with Crippen LogP contribution in [0.25, 0.3) is 11.1 Å². The lowest BCUT2D eigenvalue weighted by atomic mass is 9.65. The molecule has 0 amide bonds. The van der Waals surface area contributed by atoms with Gasteiger partial charge in [-0.05, 0) is 74.4 Å². The van der Waals surface area contributed by atoms with Gasteiger partial charge >= 0.3 is 0 Å². The summed E-state index contributed by atoms with van der Waals surface area (Å²) in [4.78, 5) is 0. The highest BCUT2D eigenvalue weighted by Gasteiger charge is 2.50. The topological polar surface area (TPSA) is 0 Å². The van der Waals surface area contributed by atoms with E-state index in [9.17, 15) is 0 Å². The molecule has 0 heterocycles. The van der Waals surface area contributed by atoms with Crippen LogP contribution < -0.4 is 0 Å². The Hall–Kier alpha value is -2.83. The molecule has 1 heteroatoms. The van der Waals surface area contributed by atoms with Gasteiger partial charge in [0.05, 0.1) is 5.41 Å². The number of fused-ring (bicyclic) bond motifs is 9. The summed E-state index contributed by atoms with van der Waals surface area (Å²) in [5.74, 6) is 0. The molecule has 4 aromatic rings. The van der Waals surface area contributed by atoms with E-state index in [0.717, 1.165) is 17.9 Å². The number of hydrogen-bond donors (Lipinski definition) is 0. The number of benzene rings is 4. The molecule has 0 nitrogen and oxygen atoms in total. The van der Waals surface area contributed by atoms with Crippen molar-refractivity contribution in [2.24, 2.45) is 0 Å². The molecule has 2 aliphatic carbocycles. The van der Waals surface area contributed by atoms with Crippen LogP contribution in [-0.2, 0) is 23.7 Å². The maximum Gasteiger partial charge on any atom is 0.0733 e. The van der Waals surface area contributed by atoms with Crippen LogP contribution in [0.2, 0.25) is 5.02 Å². The Labute approximate surface area is 195 Å². The summed E-state index contributed by atoms with van der Waals surface area (Å²) in [7, 11) is 0. The summed E-state index contributed by atoms with van der Waals surface area (Å²) in [5.41, 5.74) is 11.8. The SMILES string of the molecule is CC(C)(C)c1ccc2c(c1)C1(c3ccccc3CC2)c2ccccc2-c2cccc(Cl)c21. The van der Waals surface area contributed by atoms with Crippen LogP contribution in [0.4, 0.5) is 0 Å². The molecule has 0 aliphatic heterocycles. The quantitative estimate of drug-likeness (QED) is 0.231. The average Bonchev–Trinajstić information content (AvgIpc) is 3.01. The summed E-state index contributed by atoms with van der Waals surface area (Å²) >= 11 is 7.10. The van der Waals surface area contributed by atoms with Crippen molar-refractivity contribution in [3.8, 4) is 11.1 Å². The predicted molar refractivity (Wildman–Crippen MR) is 135 cm³/mol. The van der Waals surface area contributed by atoms with E-state index in [-0.39, 0.29) is 5.41 Å². The third-order valence-corrected chi connectivity index (χ3v) is 7.79. The molecule has 0 fully saturated rings. The van der Waals surface area contributed by atoms with Crippen LogP contribution in [0.1, 0.15) is 59.7 Å². The summed E-state index contributed by atoms with van der Waals surface area (Å²) < 4.78 is 0. The maximum absolute atomic E-state index is 7.10. The molecule has 0 N–H and O–H groups in total. The van der Waals surface area contributed by atoms with Crippen molar-refractivity contribution >= 4 is 11.6 Å². The Kier molecular flexibility index (Phi) is 4.23. The van der Waals surface area contributed by atoms with Crippen molar-refractivity contribution < 1.29 is 0 Å². The van der Waals surface area contributed by atoms with E-state index >= 15 is 0 Å². The highest BCUT2D eigenvalue weighted by Crippen LogP contribution is 2.60. The zero-order valence-corrected chi connectivity index (χ0v) is 19.6. The third-order valence-electron chi connectivity index (χ3n) is 7.47. The first-order valence-electron chi connectivity index (χ1n) is 11.5. The van der Waals surface area contributed by atoms with Crippen LogP contribution in [0, 0.1) is 0 Å². The fourth-order valence-electron chi connectivity index (χ4n) is 6.00. The molecule has 158 valence electrons. The molecule has 4 aromatic carbocycles. The van der Waals surface area contributed by atoms with Crippen molar-refractivity contribution in [2.75, 3.05) is 0 Å². The van der Waals surface area contributed by atoms with Crippen LogP contribution >= 0.6 is 11.6 Å². The van der Waals surface area contributed by atoms with Crippen LogP contribution in [0.15, 0.2) is 84.9 Å². The second-order valence-corrected chi connectivity index (χ2v) is 10.6. The smallest absolute Gasteiger partial charge is 0.0733 e. The van der Waals surface area contributed by atoms with Crippen molar-refractivity contribution in [2.45, 2.75) is 44.4 Å². The Morgan fingerprint density at radius 2 is 1.31 bits per heavy atom. The normalized spacial score (nSPS) is 18.5. The molecule has 32 heavy (non-hydrogen) atoms. The predicted octanol–water partition coefficient (Wildman–Crippen LogP) is 8.10. The van der Waals surface area contributed by atoms with Gasteiger partial charge in [-0.25, -0.2) is 0 Å². The average molecular weight is 435 g/mol. The molecule has 0 aromatic heterocycles. The van der Waals surface area contributed by atoms with Gasteiger partial charge in [0.2, 0.25) is 0 Å². The summed E-state index contributed by atoms with van der Waals surface area (Å²) in [6, 6.07) is 31.5. The lowest BCUT2D eigenvalue weighted by Gasteiger charge is -2.36. The number of hydrogen-bond acceptors (Lipinski definition) is 0. The van der Waals surface area contributed by atoms with Crippen molar-refractivity contribution in [3.05, 3.63) is 129 Å². The zero-order chi connectivity index (χ0) is 22.1. The minimum atomic E-state index is -0.395. The second kappa shape index (κ2) is 6.83. The molecule has 1 spiro atoms. The first-order valence-corrected chi connectivity index (χ1v) is 11.9. The standard InChI is InChI=1S/C31H27Cl/c1-30(2,3)22-18-17-21-16-15-20-9-4-6-12-25(20)31(27(21)19-22)26-13-7-5-10-23(26)24-11-8-14-28(32)29(24)31/h4-14,17-19H,15-16H2,1-3H3. The van der Waals surface area contributed by atoms with Gasteiger partial charge in [0, 0.05) is 5.02 Å². The molecule has 0 radical (unpaired) electrons. The van der Waals surface area contributed by atoms with Crippen molar-refractivity contribution in [3.63, 3.8) is 0 Å². The highest BCUT2D eigenvalue weighted by molar-refractivity contribution is 6.32. The van der Waals surface area contributed by atoms with Crippen LogP contribution in [0.3, 0.4) is 0 Å². The van der Waals surface area contributed by atoms with Gasteiger partial charge < -0.3 is 0 Å². The Morgan fingerprint density at radius 1 is 0.656 bits per heavy atom. The molecule has 1 unspecified atom stereocenters. The lowest BCUT2D eigenvalue weighted by molar-refractivity contribution is 0.587. The van der Waals surface area contributed by atoms with Crippen molar-refractivity contribution in [1.29, 1.82) is 0 Å². The minimum absolute atomic E-state index is 0.0729. The van der Waals surface area contributed by atoms with Crippen molar-refractivity contribution in [1.82, 2.24) is 0 Å². The maximum atomic E-state index is 7.10. The van der Waals surface area contributed by atoms with Gasteiger partial charge in [0.1, 0.15) is 0 Å². The molecule has 0 saturated heterocycles. The Balaban J connectivity index is 1.86. The summed E-state index contributed by atoms with van der Waals surface area (Å²) in [6.07, 6.45) is 2.09. The number of rotatable bonds is 0. The zero-order valence-electron chi connectivity index (χ0n) is 18.9. The second-order valence-electron chi connectivity index (χ2n) is 10.2. The van der Waals surface area contributed by atoms with E-state index < -0.39 is 5.41 Å². The first-order chi connectivity index (χ1) is 15.4. The van der Waals surface area contributed by atoms with Crippen LogP contribution in [-0.4, -0.2) is 0 Å². The molecular weight excluding hydrogens is 408 g/mol. The minimum Gasteiger partial charge on any atom is -0.0840 e. The van der Waals surface area contributed by atoms with E-state index in [1.165, 1.54) is 50.1 Å².